The molecule has 0 amide bonds. The van der Waals surface area contributed by atoms with Gasteiger partial charge in [0, 0.05) is 33.2 Å². The molecule has 0 aliphatic heterocycles. The lowest BCUT2D eigenvalue weighted by atomic mass is 10.2. The summed E-state index contributed by atoms with van der Waals surface area (Å²) in [4.78, 5) is 8.46. The predicted molar refractivity (Wildman–Crippen MR) is 80.8 cm³/mol. The van der Waals surface area contributed by atoms with E-state index in [4.69, 9.17) is 16.3 Å². The van der Waals surface area contributed by atoms with E-state index in [1.165, 1.54) is 0 Å². The maximum absolute atomic E-state index is 5.82. The average molecular weight is 284 g/mol. The van der Waals surface area contributed by atoms with Gasteiger partial charge in [-0.1, -0.05) is 23.7 Å². The first-order valence-corrected chi connectivity index (χ1v) is 6.60. The van der Waals surface area contributed by atoms with E-state index in [1.807, 2.05) is 62.3 Å². The summed E-state index contributed by atoms with van der Waals surface area (Å²) in [6, 6.07) is 7.68. The molecule has 1 aromatic rings. The zero-order valence-corrected chi connectivity index (χ0v) is 12.8. The lowest BCUT2D eigenvalue weighted by Gasteiger charge is -2.22. The van der Waals surface area contributed by atoms with E-state index in [0.29, 0.717) is 19.8 Å². The van der Waals surface area contributed by atoms with Crippen LogP contribution in [0.25, 0.3) is 0 Å². The molecule has 0 aliphatic rings. The van der Waals surface area contributed by atoms with Crippen molar-refractivity contribution in [2.45, 2.75) is 6.61 Å². The van der Waals surface area contributed by atoms with Crippen LogP contribution in [0.2, 0.25) is 5.02 Å². The summed E-state index contributed by atoms with van der Waals surface area (Å²) in [5, 5.41) is 0.745. The van der Waals surface area contributed by atoms with Crippen LogP contribution in [0.1, 0.15) is 5.56 Å². The van der Waals surface area contributed by atoms with Crippen LogP contribution >= 0.6 is 11.6 Å². The molecule has 0 N–H and O–H groups in total. The Balaban J connectivity index is 2.30. The Labute approximate surface area is 120 Å². The Kier molecular flexibility index (Phi) is 6.67. The molecule has 0 saturated carbocycles. The number of benzene rings is 1. The number of ether oxygens (including phenoxy) is 1. The van der Waals surface area contributed by atoms with Crippen LogP contribution in [0.15, 0.2) is 29.3 Å². The molecule has 1 rings (SSSR count). The fourth-order valence-corrected chi connectivity index (χ4v) is 1.79. The van der Waals surface area contributed by atoms with Gasteiger partial charge in [0.2, 0.25) is 0 Å². The van der Waals surface area contributed by atoms with E-state index < -0.39 is 0 Å². The van der Waals surface area contributed by atoms with Crippen molar-refractivity contribution >= 4 is 17.6 Å². The number of halogens is 1. The topological polar surface area (TPSA) is 28.1 Å². The van der Waals surface area contributed by atoms with Crippen LogP contribution < -0.4 is 0 Å². The summed E-state index contributed by atoms with van der Waals surface area (Å²) >= 11 is 5.82. The molecule has 106 valence electrons. The number of aliphatic imine (C=N–C) groups is 1. The van der Waals surface area contributed by atoms with Crippen LogP contribution in [-0.2, 0) is 11.3 Å². The van der Waals surface area contributed by atoms with Crippen molar-refractivity contribution in [3.05, 3.63) is 34.9 Å². The number of nitrogens with zero attached hydrogens (tertiary/aromatic N) is 3. The lowest BCUT2D eigenvalue weighted by molar-refractivity contribution is 0.128. The van der Waals surface area contributed by atoms with Crippen molar-refractivity contribution < 1.29 is 4.74 Å². The summed E-state index contributed by atoms with van der Waals surface area (Å²) in [5.41, 5.74) is 1.12. The van der Waals surface area contributed by atoms with Gasteiger partial charge in [-0.25, -0.2) is 0 Å². The van der Waals surface area contributed by atoms with Gasteiger partial charge in [-0.15, -0.1) is 0 Å². The number of hydrogen-bond acceptors (Lipinski definition) is 2. The van der Waals surface area contributed by atoms with Crippen molar-refractivity contribution in [2.24, 2.45) is 4.99 Å². The molecule has 0 radical (unpaired) electrons. The highest BCUT2D eigenvalue weighted by molar-refractivity contribution is 6.30. The normalized spacial score (nSPS) is 10.2. The number of hydrogen-bond donors (Lipinski definition) is 0. The largest absolute Gasteiger partial charge is 0.375 e. The molecule has 0 saturated heterocycles. The molecule has 5 heteroatoms. The van der Waals surface area contributed by atoms with E-state index in [1.54, 1.807) is 0 Å². The van der Waals surface area contributed by atoms with Gasteiger partial charge in [-0.3, -0.25) is 4.99 Å². The van der Waals surface area contributed by atoms with Crippen LogP contribution in [0.3, 0.4) is 0 Å². The third-order valence-electron chi connectivity index (χ3n) is 2.47. The Bertz CT molecular complexity index is 392. The standard InChI is InChI=1S/C14H22ClN3O/c1-17(2)14(18(3)4)16-9-10-19-11-12-5-7-13(15)8-6-12/h5-8H,9-11H2,1-4H3. The minimum Gasteiger partial charge on any atom is -0.375 e. The fourth-order valence-electron chi connectivity index (χ4n) is 1.66. The van der Waals surface area contributed by atoms with Gasteiger partial charge in [-0.2, -0.15) is 0 Å². The van der Waals surface area contributed by atoms with Gasteiger partial charge < -0.3 is 14.5 Å². The minimum atomic E-state index is 0.589. The molecule has 19 heavy (non-hydrogen) atoms. The van der Waals surface area contributed by atoms with E-state index >= 15 is 0 Å². The molecular formula is C14H22ClN3O. The summed E-state index contributed by atoms with van der Waals surface area (Å²) in [7, 11) is 7.92. The predicted octanol–water partition coefficient (Wildman–Crippen LogP) is 2.34. The summed E-state index contributed by atoms with van der Waals surface area (Å²) in [5.74, 6) is 0.940. The molecule has 0 unspecified atom stereocenters. The average Bonchev–Trinajstić information content (AvgIpc) is 2.34. The second-order valence-electron chi connectivity index (χ2n) is 4.65. The highest BCUT2D eigenvalue weighted by Crippen LogP contribution is 2.10. The number of guanidine groups is 1. The van der Waals surface area contributed by atoms with Gasteiger partial charge in [0.25, 0.3) is 0 Å². The maximum atomic E-state index is 5.82. The summed E-state index contributed by atoms with van der Waals surface area (Å²) in [6.07, 6.45) is 0. The molecule has 0 aliphatic carbocycles. The third-order valence-corrected chi connectivity index (χ3v) is 2.72. The van der Waals surface area contributed by atoms with Crippen molar-refractivity contribution in [3.63, 3.8) is 0 Å². The highest BCUT2D eigenvalue weighted by Gasteiger charge is 2.02. The lowest BCUT2D eigenvalue weighted by Crippen LogP contribution is -2.35. The quantitative estimate of drug-likeness (QED) is 0.472. The first kappa shape index (κ1) is 15.8. The van der Waals surface area contributed by atoms with Crippen molar-refractivity contribution in [3.8, 4) is 0 Å². The van der Waals surface area contributed by atoms with Crippen LogP contribution in [-0.4, -0.2) is 57.1 Å². The maximum Gasteiger partial charge on any atom is 0.195 e. The van der Waals surface area contributed by atoms with Crippen LogP contribution in [0.5, 0.6) is 0 Å². The van der Waals surface area contributed by atoms with Crippen LogP contribution in [0, 0.1) is 0 Å². The zero-order chi connectivity index (χ0) is 14.3. The van der Waals surface area contributed by atoms with Crippen LogP contribution in [0.4, 0.5) is 0 Å². The Morgan fingerprint density at radius 2 is 1.68 bits per heavy atom. The van der Waals surface area contributed by atoms with E-state index in [2.05, 4.69) is 4.99 Å². The van der Waals surface area contributed by atoms with Gasteiger partial charge in [0.1, 0.15) is 0 Å². The Hall–Kier alpha value is -1.26. The molecule has 0 fully saturated rings. The van der Waals surface area contributed by atoms with Gasteiger partial charge in [0.15, 0.2) is 5.96 Å². The highest BCUT2D eigenvalue weighted by atomic mass is 35.5. The summed E-state index contributed by atoms with van der Waals surface area (Å²) < 4.78 is 5.58. The molecule has 4 nitrogen and oxygen atoms in total. The second kappa shape index (κ2) is 8.02. The van der Waals surface area contributed by atoms with Crippen molar-refractivity contribution in [2.75, 3.05) is 41.3 Å². The van der Waals surface area contributed by atoms with E-state index in [9.17, 15) is 0 Å². The van der Waals surface area contributed by atoms with E-state index in [-0.39, 0.29) is 0 Å². The molecule has 0 heterocycles. The smallest absolute Gasteiger partial charge is 0.195 e. The first-order valence-electron chi connectivity index (χ1n) is 6.22. The second-order valence-corrected chi connectivity index (χ2v) is 5.09. The molecular weight excluding hydrogens is 262 g/mol. The van der Waals surface area contributed by atoms with Gasteiger partial charge in [0.05, 0.1) is 19.8 Å². The zero-order valence-electron chi connectivity index (χ0n) is 12.1. The van der Waals surface area contributed by atoms with Gasteiger partial charge >= 0.3 is 0 Å². The van der Waals surface area contributed by atoms with Gasteiger partial charge in [-0.05, 0) is 17.7 Å². The van der Waals surface area contributed by atoms with Crippen molar-refractivity contribution in [1.82, 2.24) is 9.80 Å². The first-order chi connectivity index (χ1) is 9.00. The number of rotatable bonds is 5. The SMILES string of the molecule is CN(C)C(=NCCOCc1ccc(Cl)cc1)N(C)C. The fraction of sp³-hybridized carbons (Fsp3) is 0.500. The van der Waals surface area contributed by atoms with E-state index in [0.717, 1.165) is 16.5 Å². The molecule has 0 atom stereocenters. The monoisotopic (exact) mass is 283 g/mol. The molecule has 1 aromatic carbocycles. The molecule has 0 aromatic heterocycles. The Morgan fingerprint density at radius 3 is 2.21 bits per heavy atom. The molecule has 0 spiro atoms. The Morgan fingerprint density at radius 1 is 1.11 bits per heavy atom. The summed E-state index contributed by atoms with van der Waals surface area (Å²) in [6.45, 7) is 1.85. The van der Waals surface area contributed by atoms with Crippen molar-refractivity contribution in [1.29, 1.82) is 0 Å². The molecule has 0 bridgehead atoms. The third kappa shape index (κ3) is 5.94. The minimum absolute atomic E-state index is 0.589.